The van der Waals surface area contributed by atoms with Crippen molar-refractivity contribution in [2.45, 2.75) is 26.4 Å². The van der Waals surface area contributed by atoms with Gasteiger partial charge in [-0.3, -0.25) is 4.79 Å². The van der Waals surface area contributed by atoms with Gasteiger partial charge >= 0.3 is 5.97 Å². The van der Waals surface area contributed by atoms with Gasteiger partial charge in [0, 0.05) is 6.92 Å². The molecule has 2 nitrogen and oxygen atoms in total. The molecular formula is C13H16O2. The molecule has 0 saturated carbocycles. The van der Waals surface area contributed by atoms with E-state index in [0.717, 1.165) is 5.56 Å². The van der Waals surface area contributed by atoms with Crippen molar-refractivity contribution in [1.29, 1.82) is 0 Å². The molecule has 0 saturated heterocycles. The van der Waals surface area contributed by atoms with Crippen molar-refractivity contribution < 1.29 is 9.53 Å². The Hall–Kier alpha value is -1.57. The van der Waals surface area contributed by atoms with Gasteiger partial charge in [-0.15, -0.1) is 0 Å². The molecule has 0 aliphatic carbocycles. The Labute approximate surface area is 90.6 Å². The summed E-state index contributed by atoms with van der Waals surface area (Å²) in [6.07, 6.45) is 3.76. The number of rotatable bonds is 3. The van der Waals surface area contributed by atoms with Crippen molar-refractivity contribution in [3.05, 3.63) is 48.0 Å². The molecule has 1 unspecified atom stereocenters. The normalized spacial score (nSPS) is 14.9. The maximum absolute atomic E-state index is 11.1. The van der Waals surface area contributed by atoms with Crippen LogP contribution in [0.2, 0.25) is 0 Å². The van der Waals surface area contributed by atoms with Crippen LogP contribution in [0.25, 0.3) is 0 Å². The molecular weight excluding hydrogens is 188 g/mol. The third kappa shape index (κ3) is 2.94. The van der Waals surface area contributed by atoms with E-state index in [4.69, 9.17) is 4.74 Å². The van der Waals surface area contributed by atoms with Crippen molar-refractivity contribution in [3.8, 4) is 0 Å². The van der Waals surface area contributed by atoms with Gasteiger partial charge in [0.15, 0.2) is 5.60 Å². The number of hydrogen-bond donors (Lipinski definition) is 0. The average molecular weight is 204 g/mol. The van der Waals surface area contributed by atoms with Gasteiger partial charge in [0.05, 0.1) is 0 Å². The van der Waals surface area contributed by atoms with Gasteiger partial charge in [0.1, 0.15) is 0 Å². The van der Waals surface area contributed by atoms with Crippen LogP contribution in [-0.2, 0) is 15.1 Å². The molecule has 0 aliphatic rings. The average Bonchev–Trinajstić information content (AvgIpc) is 2.18. The molecule has 0 spiro atoms. The minimum Gasteiger partial charge on any atom is -0.450 e. The van der Waals surface area contributed by atoms with Crippen molar-refractivity contribution in [1.82, 2.24) is 0 Å². The highest BCUT2D eigenvalue weighted by molar-refractivity contribution is 5.67. The van der Waals surface area contributed by atoms with Crippen LogP contribution in [-0.4, -0.2) is 5.97 Å². The molecule has 0 heterocycles. The fourth-order valence-electron chi connectivity index (χ4n) is 1.57. The summed E-state index contributed by atoms with van der Waals surface area (Å²) < 4.78 is 5.34. The zero-order valence-electron chi connectivity index (χ0n) is 9.36. The molecule has 1 atom stereocenters. The van der Waals surface area contributed by atoms with E-state index in [1.54, 1.807) is 0 Å². The lowest BCUT2D eigenvalue weighted by atomic mass is 9.95. The summed E-state index contributed by atoms with van der Waals surface area (Å²) in [5.41, 5.74) is 0.306. The molecule has 0 aliphatic heterocycles. The predicted molar refractivity (Wildman–Crippen MR) is 60.4 cm³/mol. The maximum Gasteiger partial charge on any atom is 0.303 e. The highest BCUT2D eigenvalue weighted by Crippen LogP contribution is 2.26. The smallest absolute Gasteiger partial charge is 0.303 e. The standard InChI is InChI=1S/C13H16O2/c1-4-10-13(3,15-11(2)14)12-8-6-5-7-9-12/h4-10H,1-3H3. The molecule has 1 aromatic rings. The summed E-state index contributed by atoms with van der Waals surface area (Å²) in [7, 11) is 0. The van der Waals surface area contributed by atoms with E-state index < -0.39 is 5.60 Å². The Morgan fingerprint density at radius 1 is 1.33 bits per heavy atom. The van der Waals surface area contributed by atoms with E-state index in [-0.39, 0.29) is 5.97 Å². The van der Waals surface area contributed by atoms with Crippen LogP contribution >= 0.6 is 0 Å². The lowest BCUT2D eigenvalue weighted by molar-refractivity contribution is -0.151. The second kappa shape index (κ2) is 4.78. The van der Waals surface area contributed by atoms with E-state index in [9.17, 15) is 4.79 Å². The minimum absolute atomic E-state index is 0.278. The van der Waals surface area contributed by atoms with Gasteiger partial charge in [0.2, 0.25) is 0 Å². The number of allylic oxidation sites excluding steroid dienone is 1. The summed E-state index contributed by atoms with van der Waals surface area (Å²) in [6.45, 7) is 5.21. The molecule has 80 valence electrons. The van der Waals surface area contributed by atoms with Crippen LogP contribution < -0.4 is 0 Å². The van der Waals surface area contributed by atoms with Gasteiger partial charge < -0.3 is 4.74 Å². The largest absolute Gasteiger partial charge is 0.450 e. The van der Waals surface area contributed by atoms with E-state index in [1.807, 2.05) is 56.3 Å². The number of hydrogen-bond acceptors (Lipinski definition) is 2. The maximum atomic E-state index is 11.1. The van der Waals surface area contributed by atoms with Crippen molar-refractivity contribution in [3.63, 3.8) is 0 Å². The Balaban J connectivity index is 3.06. The SMILES string of the molecule is CC=CC(C)(OC(C)=O)c1ccccc1. The second-order valence-corrected chi connectivity index (χ2v) is 3.57. The Kier molecular flexibility index (Phi) is 3.67. The van der Waals surface area contributed by atoms with E-state index in [0.29, 0.717) is 0 Å². The molecule has 0 amide bonds. The molecule has 1 aromatic carbocycles. The van der Waals surface area contributed by atoms with E-state index in [1.165, 1.54) is 6.92 Å². The van der Waals surface area contributed by atoms with Crippen LogP contribution in [0.5, 0.6) is 0 Å². The van der Waals surface area contributed by atoms with Gasteiger partial charge in [-0.2, -0.15) is 0 Å². The fourth-order valence-corrected chi connectivity index (χ4v) is 1.57. The monoisotopic (exact) mass is 204 g/mol. The predicted octanol–water partition coefficient (Wildman–Crippen LogP) is 3.04. The number of carbonyl (C=O) groups is 1. The summed E-state index contributed by atoms with van der Waals surface area (Å²) in [4.78, 5) is 11.1. The summed E-state index contributed by atoms with van der Waals surface area (Å²) in [6, 6.07) is 9.69. The molecule has 0 aromatic heterocycles. The van der Waals surface area contributed by atoms with Crippen molar-refractivity contribution >= 4 is 5.97 Å². The first kappa shape index (κ1) is 11.5. The summed E-state index contributed by atoms with van der Waals surface area (Å²) >= 11 is 0. The second-order valence-electron chi connectivity index (χ2n) is 3.57. The third-order valence-electron chi connectivity index (χ3n) is 2.19. The topological polar surface area (TPSA) is 26.3 Å². The first-order chi connectivity index (χ1) is 7.08. The highest BCUT2D eigenvalue weighted by atomic mass is 16.6. The van der Waals surface area contributed by atoms with Crippen molar-refractivity contribution in [2.75, 3.05) is 0 Å². The molecule has 0 radical (unpaired) electrons. The minimum atomic E-state index is -0.665. The first-order valence-electron chi connectivity index (χ1n) is 4.97. The summed E-state index contributed by atoms with van der Waals surface area (Å²) in [5.74, 6) is -0.278. The molecule has 0 N–H and O–H groups in total. The van der Waals surface area contributed by atoms with E-state index in [2.05, 4.69) is 0 Å². The van der Waals surface area contributed by atoms with Crippen LogP contribution in [0.1, 0.15) is 26.3 Å². The number of benzene rings is 1. The van der Waals surface area contributed by atoms with Gasteiger partial charge in [0.25, 0.3) is 0 Å². The van der Waals surface area contributed by atoms with Crippen LogP contribution in [0.4, 0.5) is 0 Å². The van der Waals surface area contributed by atoms with Gasteiger partial charge in [-0.05, 0) is 25.5 Å². The van der Waals surface area contributed by atoms with Gasteiger partial charge in [-0.1, -0.05) is 36.4 Å². The molecule has 1 rings (SSSR count). The molecule has 0 bridgehead atoms. The molecule has 2 heteroatoms. The number of ether oxygens (including phenoxy) is 1. The van der Waals surface area contributed by atoms with Gasteiger partial charge in [-0.25, -0.2) is 0 Å². The Morgan fingerprint density at radius 2 is 1.93 bits per heavy atom. The van der Waals surface area contributed by atoms with Crippen LogP contribution in [0, 0.1) is 0 Å². The molecule has 0 fully saturated rings. The Bertz CT molecular complexity index is 354. The Morgan fingerprint density at radius 3 is 2.40 bits per heavy atom. The van der Waals surface area contributed by atoms with Crippen molar-refractivity contribution in [2.24, 2.45) is 0 Å². The van der Waals surface area contributed by atoms with E-state index >= 15 is 0 Å². The first-order valence-corrected chi connectivity index (χ1v) is 4.97. The molecule has 15 heavy (non-hydrogen) atoms. The zero-order valence-corrected chi connectivity index (χ0v) is 9.36. The fraction of sp³-hybridized carbons (Fsp3) is 0.308. The highest BCUT2D eigenvalue weighted by Gasteiger charge is 2.26. The lowest BCUT2D eigenvalue weighted by Gasteiger charge is -2.26. The quantitative estimate of drug-likeness (QED) is 0.558. The summed E-state index contributed by atoms with van der Waals surface area (Å²) in [5, 5.41) is 0. The van der Waals surface area contributed by atoms with Crippen LogP contribution in [0.15, 0.2) is 42.5 Å². The zero-order chi connectivity index (χ0) is 11.3. The number of carbonyl (C=O) groups excluding carboxylic acids is 1. The lowest BCUT2D eigenvalue weighted by Crippen LogP contribution is -2.25. The van der Waals surface area contributed by atoms with Crippen LogP contribution in [0.3, 0.4) is 0 Å². The number of esters is 1. The third-order valence-corrected chi connectivity index (χ3v) is 2.19.